The molecule has 1 amide bonds. The molecule has 0 saturated carbocycles. The molecule has 130 valence electrons. The van der Waals surface area contributed by atoms with Crippen LogP contribution in [0.2, 0.25) is 0 Å². The highest BCUT2D eigenvalue weighted by Crippen LogP contribution is 2.12. The van der Waals surface area contributed by atoms with Gasteiger partial charge in [-0.3, -0.25) is 9.20 Å². The predicted octanol–water partition coefficient (Wildman–Crippen LogP) is 2.42. The minimum absolute atomic E-state index is 0.0712. The number of rotatable bonds is 8. The molecule has 0 spiro atoms. The third-order valence-electron chi connectivity index (χ3n) is 4.08. The molecule has 0 unspecified atom stereocenters. The standard InChI is InChI=1S/C19H22N4O2/c1-25-16-10-7-15(8-11-16)9-12-19(24)20-13-4-6-18-22-21-17-5-2-3-14-23(17)18/h2-3,5,7-8,10-11,14H,4,6,9,12-13H2,1H3,(H,20,24). The SMILES string of the molecule is COc1ccc(CCC(=O)NCCCc2nnc3ccccn23)cc1. The summed E-state index contributed by atoms with van der Waals surface area (Å²) in [7, 11) is 1.64. The molecule has 0 aliphatic heterocycles. The number of carbonyl (C=O) groups excluding carboxylic acids is 1. The van der Waals surface area contributed by atoms with Crippen LogP contribution in [-0.2, 0) is 17.6 Å². The number of nitrogens with one attached hydrogen (secondary N) is 1. The first-order chi connectivity index (χ1) is 12.3. The van der Waals surface area contributed by atoms with Crippen LogP contribution in [0.1, 0.15) is 24.2 Å². The Hall–Kier alpha value is -2.89. The molecule has 0 saturated heterocycles. The van der Waals surface area contributed by atoms with E-state index in [9.17, 15) is 4.79 Å². The predicted molar refractivity (Wildman–Crippen MR) is 95.6 cm³/mol. The maximum absolute atomic E-state index is 11.9. The first-order valence-corrected chi connectivity index (χ1v) is 8.44. The Kier molecular flexibility index (Phi) is 5.61. The van der Waals surface area contributed by atoms with Crippen LogP contribution < -0.4 is 10.1 Å². The highest BCUT2D eigenvalue weighted by atomic mass is 16.5. The fraction of sp³-hybridized carbons (Fsp3) is 0.316. The molecule has 6 heteroatoms. The summed E-state index contributed by atoms with van der Waals surface area (Å²) in [5.41, 5.74) is 1.98. The van der Waals surface area contributed by atoms with Gasteiger partial charge in [0.1, 0.15) is 11.6 Å². The number of hydrogen-bond acceptors (Lipinski definition) is 4. The lowest BCUT2D eigenvalue weighted by atomic mass is 10.1. The molecule has 0 aliphatic rings. The van der Waals surface area contributed by atoms with Gasteiger partial charge in [-0.2, -0.15) is 0 Å². The highest BCUT2D eigenvalue weighted by molar-refractivity contribution is 5.76. The van der Waals surface area contributed by atoms with Gasteiger partial charge >= 0.3 is 0 Å². The topological polar surface area (TPSA) is 68.5 Å². The summed E-state index contributed by atoms with van der Waals surface area (Å²) in [6.45, 7) is 0.642. The lowest BCUT2D eigenvalue weighted by molar-refractivity contribution is -0.121. The van der Waals surface area contributed by atoms with Crippen LogP contribution in [-0.4, -0.2) is 34.2 Å². The van der Waals surface area contributed by atoms with Crippen molar-refractivity contribution >= 4 is 11.6 Å². The average Bonchev–Trinajstić information content (AvgIpc) is 3.07. The molecule has 0 aliphatic carbocycles. The number of ether oxygens (including phenoxy) is 1. The van der Waals surface area contributed by atoms with Gasteiger partial charge in [-0.05, 0) is 42.7 Å². The number of fused-ring (bicyclic) bond motifs is 1. The van der Waals surface area contributed by atoms with Crippen molar-refractivity contribution in [2.75, 3.05) is 13.7 Å². The van der Waals surface area contributed by atoms with Crippen molar-refractivity contribution in [2.45, 2.75) is 25.7 Å². The van der Waals surface area contributed by atoms with Crippen LogP contribution in [0.4, 0.5) is 0 Å². The van der Waals surface area contributed by atoms with E-state index < -0.39 is 0 Å². The normalized spacial score (nSPS) is 10.8. The second kappa shape index (κ2) is 8.28. The Morgan fingerprint density at radius 3 is 2.76 bits per heavy atom. The molecule has 25 heavy (non-hydrogen) atoms. The molecule has 0 atom stereocenters. The second-order valence-corrected chi connectivity index (χ2v) is 5.85. The van der Waals surface area contributed by atoms with Gasteiger partial charge in [-0.25, -0.2) is 0 Å². The van der Waals surface area contributed by atoms with E-state index in [1.54, 1.807) is 7.11 Å². The Morgan fingerprint density at radius 1 is 1.12 bits per heavy atom. The van der Waals surface area contributed by atoms with Crippen LogP contribution in [0.15, 0.2) is 48.7 Å². The molecular weight excluding hydrogens is 316 g/mol. The molecule has 1 aromatic carbocycles. The van der Waals surface area contributed by atoms with E-state index in [2.05, 4.69) is 15.5 Å². The molecule has 1 N–H and O–H groups in total. The average molecular weight is 338 g/mol. The van der Waals surface area contributed by atoms with Crippen LogP contribution in [0, 0.1) is 0 Å². The van der Waals surface area contributed by atoms with Crippen molar-refractivity contribution in [1.29, 1.82) is 0 Å². The van der Waals surface area contributed by atoms with E-state index in [1.165, 1.54) is 0 Å². The zero-order valence-electron chi connectivity index (χ0n) is 14.3. The number of amides is 1. The molecule has 0 bridgehead atoms. The van der Waals surface area contributed by atoms with Crippen molar-refractivity contribution in [3.8, 4) is 5.75 Å². The van der Waals surface area contributed by atoms with E-state index in [1.807, 2.05) is 53.1 Å². The molecule has 2 aromatic heterocycles. The summed E-state index contributed by atoms with van der Waals surface area (Å²) >= 11 is 0. The zero-order chi connectivity index (χ0) is 17.5. The Morgan fingerprint density at radius 2 is 1.96 bits per heavy atom. The summed E-state index contributed by atoms with van der Waals surface area (Å²) < 4.78 is 7.10. The highest BCUT2D eigenvalue weighted by Gasteiger charge is 2.05. The van der Waals surface area contributed by atoms with E-state index in [-0.39, 0.29) is 5.91 Å². The quantitative estimate of drug-likeness (QED) is 0.641. The van der Waals surface area contributed by atoms with Crippen LogP contribution in [0.25, 0.3) is 5.65 Å². The Bertz CT molecular complexity index is 827. The van der Waals surface area contributed by atoms with Crippen molar-refractivity contribution in [3.05, 3.63) is 60.0 Å². The van der Waals surface area contributed by atoms with E-state index in [0.717, 1.165) is 42.0 Å². The van der Waals surface area contributed by atoms with Gasteiger partial charge in [-0.1, -0.05) is 18.2 Å². The molecule has 0 fully saturated rings. The van der Waals surface area contributed by atoms with Crippen LogP contribution >= 0.6 is 0 Å². The summed E-state index contributed by atoms with van der Waals surface area (Å²) in [6.07, 6.45) is 4.79. The smallest absolute Gasteiger partial charge is 0.220 e. The number of aromatic nitrogens is 3. The first-order valence-electron chi connectivity index (χ1n) is 8.44. The third kappa shape index (κ3) is 4.56. The lowest BCUT2D eigenvalue weighted by Crippen LogP contribution is -2.25. The van der Waals surface area contributed by atoms with E-state index in [0.29, 0.717) is 13.0 Å². The van der Waals surface area contributed by atoms with Gasteiger partial charge in [0.25, 0.3) is 0 Å². The van der Waals surface area contributed by atoms with Gasteiger partial charge in [0.05, 0.1) is 7.11 Å². The number of aryl methyl sites for hydroxylation is 2. The fourth-order valence-corrected chi connectivity index (χ4v) is 2.67. The van der Waals surface area contributed by atoms with Crippen molar-refractivity contribution in [1.82, 2.24) is 19.9 Å². The minimum Gasteiger partial charge on any atom is -0.497 e. The fourth-order valence-electron chi connectivity index (χ4n) is 2.67. The second-order valence-electron chi connectivity index (χ2n) is 5.85. The summed E-state index contributed by atoms with van der Waals surface area (Å²) in [4.78, 5) is 11.9. The molecule has 0 radical (unpaired) electrons. The Balaban J connectivity index is 1.37. The molecule has 3 rings (SSSR count). The lowest BCUT2D eigenvalue weighted by Gasteiger charge is -2.06. The molecule has 3 aromatic rings. The third-order valence-corrected chi connectivity index (χ3v) is 4.08. The number of methoxy groups -OCH3 is 1. The first kappa shape index (κ1) is 17.0. The van der Waals surface area contributed by atoms with E-state index in [4.69, 9.17) is 4.74 Å². The molecule has 2 heterocycles. The van der Waals surface area contributed by atoms with Crippen LogP contribution in [0.5, 0.6) is 5.75 Å². The number of benzene rings is 1. The monoisotopic (exact) mass is 338 g/mol. The van der Waals surface area contributed by atoms with Gasteiger partial charge in [-0.15, -0.1) is 10.2 Å². The van der Waals surface area contributed by atoms with Crippen molar-refractivity contribution in [3.63, 3.8) is 0 Å². The maximum atomic E-state index is 11.9. The minimum atomic E-state index is 0.0712. The maximum Gasteiger partial charge on any atom is 0.220 e. The van der Waals surface area contributed by atoms with E-state index >= 15 is 0 Å². The van der Waals surface area contributed by atoms with Crippen molar-refractivity contribution in [2.24, 2.45) is 0 Å². The molecule has 6 nitrogen and oxygen atoms in total. The summed E-state index contributed by atoms with van der Waals surface area (Å²) in [5.74, 6) is 1.82. The number of carbonyl (C=O) groups is 1. The van der Waals surface area contributed by atoms with Gasteiger partial charge in [0.15, 0.2) is 5.65 Å². The number of pyridine rings is 1. The molecular formula is C19H22N4O2. The van der Waals surface area contributed by atoms with Gasteiger partial charge < -0.3 is 10.1 Å². The largest absolute Gasteiger partial charge is 0.497 e. The summed E-state index contributed by atoms with van der Waals surface area (Å²) in [6, 6.07) is 13.6. The Labute approximate surface area is 146 Å². The zero-order valence-corrected chi connectivity index (χ0v) is 14.3. The van der Waals surface area contributed by atoms with Gasteiger partial charge in [0.2, 0.25) is 5.91 Å². The number of hydrogen-bond donors (Lipinski definition) is 1. The van der Waals surface area contributed by atoms with Gasteiger partial charge in [0, 0.05) is 25.6 Å². The van der Waals surface area contributed by atoms with Crippen molar-refractivity contribution < 1.29 is 9.53 Å². The number of nitrogens with zero attached hydrogens (tertiary/aromatic N) is 3. The summed E-state index contributed by atoms with van der Waals surface area (Å²) in [5, 5.41) is 11.3. The van der Waals surface area contributed by atoms with Crippen LogP contribution in [0.3, 0.4) is 0 Å².